The Morgan fingerprint density at radius 3 is 2.62 bits per heavy atom. The quantitative estimate of drug-likeness (QED) is 0.376. The first kappa shape index (κ1) is 16.7. The highest BCUT2D eigenvalue weighted by Crippen LogP contribution is 2.29. The zero-order valence-electron chi connectivity index (χ0n) is 14.6. The molecule has 2 aromatic carbocycles. The molecule has 0 aliphatic rings. The number of rotatable bonds is 5. The van der Waals surface area contributed by atoms with Gasteiger partial charge in [-0.1, -0.05) is 31.2 Å². The first-order chi connectivity index (χ1) is 12.7. The Labute approximate surface area is 155 Å². The first-order valence-corrected chi connectivity index (χ1v) is 9.43. The second-order valence-electron chi connectivity index (χ2n) is 5.85. The number of carbonyl (C=O) groups excluding carboxylic acids is 1. The van der Waals surface area contributed by atoms with Gasteiger partial charge in [-0.25, -0.2) is 4.98 Å². The van der Waals surface area contributed by atoms with Crippen molar-refractivity contribution < 1.29 is 9.53 Å². The van der Waals surface area contributed by atoms with Crippen LogP contribution < -0.4 is 4.74 Å². The SMILES string of the molecule is CCSc1nc2c3ccccc3ccn2c1C(=O)c1ccc(OC)cc1. The van der Waals surface area contributed by atoms with E-state index in [0.29, 0.717) is 11.3 Å². The first-order valence-electron chi connectivity index (χ1n) is 8.44. The molecule has 4 aromatic rings. The molecule has 2 aromatic heterocycles. The summed E-state index contributed by atoms with van der Waals surface area (Å²) >= 11 is 1.59. The number of benzene rings is 2. The molecule has 0 fully saturated rings. The molecule has 2 heterocycles. The fourth-order valence-corrected chi connectivity index (χ4v) is 3.82. The molecule has 5 heteroatoms. The molecule has 0 N–H and O–H groups in total. The zero-order chi connectivity index (χ0) is 18.1. The molecule has 0 bridgehead atoms. The Bertz CT molecular complexity index is 1100. The molecule has 0 spiro atoms. The van der Waals surface area contributed by atoms with Crippen LogP contribution in [-0.4, -0.2) is 28.0 Å². The van der Waals surface area contributed by atoms with Crippen molar-refractivity contribution >= 4 is 34.0 Å². The van der Waals surface area contributed by atoms with Crippen LogP contribution in [0.1, 0.15) is 23.0 Å². The van der Waals surface area contributed by atoms with E-state index >= 15 is 0 Å². The predicted octanol–water partition coefficient (Wildman–Crippen LogP) is 4.84. The minimum Gasteiger partial charge on any atom is -0.497 e. The predicted molar refractivity (Wildman–Crippen MR) is 106 cm³/mol. The Morgan fingerprint density at radius 2 is 1.88 bits per heavy atom. The van der Waals surface area contributed by atoms with Crippen LogP contribution in [0.15, 0.2) is 65.8 Å². The van der Waals surface area contributed by atoms with Gasteiger partial charge in [-0.15, -0.1) is 11.8 Å². The van der Waals surface area contributed by atoms with Gasteiger partial charge >= 0.3 is 0 Å². The highest BCUT2D eigenvalue weighted by Gasteiger charge is 2.22. The number of imidazole rings is 1. The summed E-state index contributed by atoms with van der Waals surface area (Å²) in [4.78, 5) is 18.0. The number of ether oxygens (including phenoxy) is 1. The van der Waals surface area contributed by atoms with Crippen molar-refractivity contribution in [2.75, 3.05) is 12.9 Å². The number of ketones is 1. The van der Waals surface area contributed by atoms with E-state index in [1.54, 1.807) is 43.1 Å². The van der Waals surface area contributed by atoms with Crippen molar-refractivity contribution in [2.45, 2.75) is 11.9 Å². The molecule has 0 aliphatic carbocycles. The number of nitrogens with zero attached hydrogens (tertiary/aromatic N) is 2. The molecule has 0 unspecified atom stereocenters. The molecule has 130 valence electrons. The average molecular weight is 362 g/mol. The molecule has 0 saturated heterocycles. The Kier molecular flexibility index (Phi) is 4.39. The molecular formula is C21H18N2O2S. The summed E-state index contributed by atoms with van der Waals surface area (Å²) < 4.78 is 7.10. The van der Waals surface area contributed by atoms with Gasteiger partial charge in [0.1, 0.15) is 22.1 Å². The summed E-state index contributed by atoms with van der Waals surface area (Å²) in [5.74, 6) is 1.55. The van der Waals surface area contributed by atoms with Crippen LogP contribution in [0.4, 0.5) is 0 Å². The normalized spacial score (nSPS) is 11.2. The van der Waals surface area contributed by atoms with E-state index in [1.807, 2.05) is 34.9 Å². The van der Waals surface area contributed by atoms with Gasteiger partial charge in [0, 0.05) is 17.1 Å². The van der Waals surface area contributed by atoms with Gasteiger partial charge in [-0.05, 0) is 41.5 Å². The van der Waals surface area contributed by atoms with Crippen molar-refractivity contribution in [2.24, 2.45) is 0 Å². The number of fused-ring (bicyclic) bond motifs is 3. The van der Waals surface area contributed by atoms with Gasteiger partial charge in [0.05, 0.1) is 7.11 Å². The lowest BCUT2D eigenvalue weighted by molar-refractivity contribution is 0.103. The maximum atomic E-state index is 13.2. The molecule has 26 heavy (non-hydrogen) atoms. The number of hydrogen-bond acceptors (Lipinski definition) is 4. The minimum atomic E-state index is -0.0358. The number of carbonyl (C=O) groups is 1. The third-order valence-corrected chi connectivity index (χ3v) is 5.18. The molecule has 0 saturated carbocycles. The third kappa shape index (κ3) is 2.74. The molecule has 0 amide bonds. The van der Waals surface area contributed by atoms with Gasteiger partial charge < -0.3 is 4.74 Å². The number of pyridine rings is 1. The van der Waals surface area contributed by atoms with Crippen molar-refractivity contribution in [1.29, 1.82) is 0 Å². The maximum Gasteiger partial charge on any atom is 0.212 e. The van der Waals surface area contributed by atoms with Gasteiger partial charge in [0.25, 0.3) is 0 Å². The van der Waals surface area contributed by atoms with Gasteiger partial charge in [0.2, 0.25) is 5.78 Å². The van der Waals surface area contributed by atoms with Gasteiger partial charge in [-0.3, -0.25) is 9.20 Å². The van der Waals surface area contributed by atoms with E-state index in [0.717, 1.165) is 32.9 Å². The average Bonchev–Trinajstić information content (AvgIpc) is 3.06. The van der Waals surface area contributed by atoms with Crippen LogP contribution in [0.3, 0.4) is 0 Å². The second-order valence-corrected chi connectivity index (χ2v) is 7.11. The monoisotopic (exact) mass is 362 g/mol. The zero-order valence-corrected chi connectivity index (χ0v) is 15.4. The van der Waals surface area contributed by atoms with E-state index in [9.17, 15) is 4.79 Å². The number of methoxy groups -OCH3 is 1. The topological polar surface area (TPSA) is 43.6 Å². The van der Waals surface area contributed by atoms with Crippen LogP contribution >= 0.6 is 11.8 Å². The Balaban J connectivity index is 1.92. The smallest absolute Gasteiger partial charge is 0.212 e. The largest absolute Gasteiger partial charge is 0.497 e. The molecular weight excluding hydrogens is 344 g/mol. The summed E-state index contributed by atoms with van der Waals surface area (Å²) in [7, 11) is 1.61. The second kappa shape index (κ2) is 6.84. The van der Waals surface area contributed by atoms with E-state index in [4.69, 9.17) is 9.72 Å². The summed E-state index contributed by atoms with van der Waals surface area (Å²) in [6, 6.07) is 17.3. The number of hydrogen-bond donors (Lipinski definition) is 0. The molecule has 0 radical (unpaired) electrons. The number of aromatic nitrogens is 2. The highest BCUT2D eigenvalue weighted by atomic mass is 32.2. The summed E-state index contributed by atoms with van der Waals surface area (Å²) in [6.45, 7) is 2.06. The van der Waals surface area contributed by atoms with Gasteiger partial charge in [0.15, 0.2) is 0 Å². The summed E-state index contributed by atoms with van der Waals surface area (Å²) in [6.07, 6.45) is 1.93. The third-order valence-electron chi connectivity index (χ3n) is 4.33. The molecule has 4 rings (SSSR count). The van der Waals surface area contributed by atoms with Crippen molar-refractivity contribution in [3.8, 4) is 5.75 Å². The van der Waals surface area contributed by atoms with Crippen molar-refractivity contribution in [3.05, 3.63) is 72.1 Å². The van der Waals surface area contributed by atoms with Crippen molar-refractivity contribution in [3.63, 3.8) is 0 Å². The van der Waals surface area contributed by atoms with Crippen LogP contribution in [0.5, 0.6) is 5.75 Å². The van der Waals surface area contributed by atoms with Crippen LogP contribution in [0.2, 0.25) is 0 Å². The van der Waals surface area contributed by atoms with E-state index in [1.165, 1.54) is 0 Å². The van der Waals surface area contributed by atoms with E-state index in [2.05, 4.69) is 13.0 Å². The lowest BCUT2D eigenvalue weighted by Crippen LogP contribution is -2.06. The van der Waals surface area contributed by atoms with E-state index < -0.39 is 0 Å². The molecule has 0 atom stereocenters. The Hall–Kier alpha value is -2.79. The minimum absolute atomic E-state index is 0.0358. The summed E-state index contributed by atoms with van der Waals surface area (Å²) in [5, 5.41) is 2.92. The lowest BCUT2D eigenvalue weighted by Gasteiger charge is -2.06. The standard InChI is InChI=1S/C21H18N2O2S/c1-3-26-21-18(19(24)15-8-10-16(25-2)11-9-15)23-13-12-14-6-4-5-7-17(14)20(23)22-21/h4-13H,3H2,1-2H3. The van der Waals surface area contributed by atoms with Crippen LogP contribution in [-0.2, 0) is 0 Å². The lowest BCUT2D eigenvalue weighted by atomic mass is 10.1. The van der Waals surface area contributed by atoms with Crippen LogP contribution in [0.25, 0.3) is 16.4 Å². The van der Waals surface area contributed by atoms with Crippen molar-refractivity contribution in [1.82, 2.24) is 9.38 Å². The molecule has 0 aliphatic heterocycles. The number of thioether (sulfide) groups is 1. The molecule has 4 nitrogen and oxygen atoms in total. The van der Waals surface area contributed by atoms with Gasteiger partial charge in [-0.2, -0.15) is 0 Å². The highest BCUT2D eigenvalue weighted by molar-refractivity contribution is 7.99. The van der Waals surface area contributed by atoms with E-state index in [-0.39, 0.29) is 5.78 Å². The fourth-order valence-electron chi connectivity index (χ4n) is 3.07. The summed E-state index contributed by atoms with van der Waals surface area (Å²) in [5.41, 5.74) is 2.05. The fraction of sp³-hybridized carbons (Fsp3) is 0.143. The maximum absolute atomic E-state index is 13.2. The Morgan fingerprint density at radius 1 is 1.12 bits per heavy atom. The van der Waals surface area contributed by atoms with Crippen LogP contribution in [0, 0.1) is 0 Å².